The van der Waals surface area contributed by atoms with Gasteiger partial charge >= 0.3 is 0 Å². The molecule has 1 saturated carbocycles. The number of benzene rings is 1. The molecule has 18 heavy (non-hydrogen) atoms. The van der Waals surface area contributed by atoms with Crippen LogP contribution in [0.2, 0.25) is 0 Å². The summed E-state index contributed by atoms with van der Waals surface area (Å²) in [6.45, 7) is 2.53. The molecule has 1 N–H and O–H groups in total. The van der Waals surface area contributed by atoms with E-state index in [9.17, 15) is 4.79 Å². The zero-order valence-electron chi connectivity index (χ0n) is 10.4. The Morgan fingerprint density at radius 1 is 1.50 bits per heavy atom. The summed E-state index contributed by atoms with van der Waals surface area (Å²) in [4.78, 5) is 15.7. The maximum atomic E-state index is 11.5. The van der Waals surface area contributed by atoms with Gasteiger partial charge in [0.05, 0.1) is 0 Å². The molecule has 4 nitrogen and oxygen atoms in total. The number of oxazole rings is 1. The normalized spacial score (nSPS) is 14.9. The quantitative estimate of drug-likeness (QED) is 0.897. The first-order valence-electron chi connectivity index (χ1n) is 6.36. The average Bonchev–Trinajstić information content (AvgIpc) is 3.11. The molecule has 0 aliphatic heterocycles. The van der Waals surface area contributed by atoms with Gasteiger partial charge in [0.15, 0.2) is 11.5 Å². The van der Waals surface area contributed by atoms with Crippen molar-refractivity contribution < 1.29 is 9.21 Å². The Balaban J connectivity index is 1.61. The van der Waals surface area contributed by atoms with Crippen LogP contribution in [0.25, 0.3) is 11.1 Å². The summed E-state index contributed by atoms with van der Waals surface area (Å²) in [5.41, 5.74) is 2.87. The molecule has 94 valence electrons. The molecule has 0 radical (unpaired) electrons. The third kappa shape index (κ3) is 2.37. The third-order valence-electron chi connectivity index (χ3n) is 3.22. The Morgan fingerprint density at radius 2 is 2.33 bits per heavy atom. The fourth-order valence-electron chi connectivity index (χ4n) is 2.06. The lowest BCUT2D eigenvalue weighted by molar-refractivity contribution is -0.122. The highest BCUT2D eigenvalue weighted by Gasteiger charge is 2.28. The molecule has 1 aliphatic carbocycles. The lowest BCUT2D eigenvalue weighted by atomic mass is 10.1. The number of carbonyl (C=O) groups excluding carboxylic acids is 1. The lowest BCUT2D eigenvalue weighted by Crippen LogP contribution is -2.26. The number of carbonyl (C=O) groups is 1. The molecule has 0 spiro atoms. The summed E-state index contributed by atoms with van der Waals surface area (Å²) in [6, 6.07) is 6.00. The van der Waals surface area contributed by atoms with E-state index in [2.05, 4.69) is 10.3 Å². The zero-order chi connectivity index (χ0) is 12.5. The fourth-order valence-corrected chi connectivity index (χ4v) is 2.06. The van der Waals surface area contributed by atoms with Gasteiger partial charge in [-0.1, -0.05) is 6.07 Å². The lowest BCUT2D eigenvalue weighted by Gasteiger charge is -2.04. The predicted molar refractivity (Wildman–Crippen MR) is 68.2 cm³/mol. The maximum absolute atomic E-state index is 11.5. The third-order valence-corrected chi connectivity index (χ3v) is 3.22. The predicted octanol–water partition coefficient (Wildman–Crippen LogP) is 2.20. The van der Waals surface area contributed by atoms with Gasteiger partial charge in [-0.3, -0.25) is 4.79 Å². The fraction of sp³-hybridized carbons (Fsp3) is 0.429. The number of aryl methyl sites for hydroxylation is 1. The summed E-state index contributed by atoms with van der Waals surface area (Å²) in [6.07, 6.45) is 2.93. The molecule has 4 heteroatoms. The first kappa shape index (κ1) is 11.3. The van der Waals surface area contributed by atoms with Gasteiger partial charge < -0.3 is 9.73 Å². The highest BCUT2D eigenvalue weighted by Crippen LogP contribution is 2.28. The second-order valence-corrected chi connectivity index (χ2v) is 4.85. The zero-order valence-corrected chi connectivity index (χ0v) is 10.4. The Labute approximate surface area is 105 Å². The van der Waals surface area contributed by atoms with Crippen LogP contribution in [0.15, 0.2) is 22.6 Å². The van der Waals surface area contributed by atoms with Crippen LogP contribution in [0, 0.1) is 12.8 Å². The molecule has 1 amide bonds. The van der Waals surface area contributed by atoms with Crippen LogP contribution in [0.1, 0.15) is 24.3 Å². The minimum absolute atomic E-state index is 0.201. The largest absolute Gasteiger partial charge is 0.441 e. The monoisotopic (exact) mass is 244 g/mol. The van der Waals surface area contributed by atoms with Crippen LogP contribution in [0.5, 0.6) is 0 Å². The minimum Gasteiger partial charge on any atom is -0.441 e. The summed E-state index contributed by atoms with van der Waals surface area (Å²) >= 11 is 0. The summed E-state index contributed by atoms with van der Waals surface area (Å²) in [5.74, 6) is 1.17. The van der Waals surface area contributed by atoms with Gasteiger partial charge in [0, 0.05) is 19.4 Å². The number of aromatic nitrogens is 1. The highest BCUT2D eigenvalue weighted by atomic mass is 16.3. The number of nitrogens with zero attached hydrogens (tertiary/aromatic N) is 1. The number of amides is 1. The number of hydrogen-bond acceptors (Lipinski definition) is 3. The average molecular weight is 244 g/mol. The van der Waals surface area contributed by atoms with Crippen molar-refractivity contribution in [1.82, 2.24) is 10.3 Å². The van der Waals surface area contributed by atoms with Crippen molar-refractivity contribution in [2.24, 2.45) is 5.92 Å². The maximum Gasteiger partial charge on any atom is 0.223 e. The van der Waals surface area contributed by atoms with E-state index in [4.69, 9.17) is 4.42 Å². The van der Waals surface area contributed by atoms with Gasteiger partial charge in [0.25, 0.3) is 0 Å². The van der Waals surface area contributed by atoms with Crippen molar-refractivity contribution >= 4 is 17.0 Å². The van der Waals surface area contributed by atoms with Crippen molar-refractivity contribution in [3.63, 3.8) is 0 Å². The number of rotatable bonds is 4. The molecular formula is C14H16N2O2. The van der Waals surface area contributed by atoms with E-state index in [1.165, 1.54) is 0 Å². The molecule has 0 unspecified atom stereocenters. The van der Waals surface area contributed by atoms with Gasteiger partial charge in [0.2, 0.25) is 5.91 Å². The van der Waals surface area contributed by atoms with Crippen LogP contribution in [-0.2, 0) is 11.2 Å². The molecule has 1 aromatic carbocycles. The molecule has 0 saturated heterocycles. The van der Waals surface area contributed by atoms with E-state index < -0.39 is 0 Å². The Hall–Kier alpha value is -1.84. The molecule has 3 rings (SSSR count). The van der Waals surface area contributed by atoms with Crippen LogP contribution in [0.3, 0.4) is 0 Å². The Bertz CT molecular complexity index is 584. The smallest absolute Gasteiger partial charge is 0.223 e. The summed E-state index contributed by atoms with van der Waals surface area (Å²) in [5, 5.41) is 2.96. The topological polar surface area (TPSA) is 55.1 Å². The first-order valence-corrected chi connectivity index (χ1v) is 6.36. The van der Waals surface area contributed by atoms with E-state index in [1.807, 2.05) is 25.1 Å². The molecule has 0 atom stereocenters. The van der Waals surface area contributed by atoms with Gasteiger partial charge in [-0.05, 0) is 37.0 Å². The van der Waals surface area contributed by atoms with Crippen molar-refractivity contribution in [3.8, 4) is 0 Å². The molecule has 2 aromatic rings. The van der Waals surface area contributed by atoms with Crippen LogP contribution < -0.4 is 5.32 Å². The molecule has 1 heterocycles. The van der Waals surface area contributed by atoms with Gasteiger partial charge in [-0.2, -0.15) is 0 Å². The van der Waals surface area contributed by atoms with Gasteiger partial charge in [-0.25, -0.2) is 4.98 Å². The van der Waals surface area contributed by atoms with Gasteiger partial charge in [-0.15, -0.1) is 0 Å². The highest BCUT2D eigenvalue weighted by molar-refractivity contribution is 5.80. The molecular weight excluding hydrogens is 228 g/mol. The van der Waals surface area contributed by atoms with E-state index in [0.717, 1.165) is 35.9 Å². The van der Waals surface area contributed by atoms with E-state index in [1.54, 1.807) is 0 Å². The minimum atomic E-state index is 0.201. The Kier molecular flexibility index (Phi) is 2.78. The number of fused-ring (bicyclic) bond motifs is 1. The molecule has 1 fully saturated rings. The van der Waals surface area contributed by atoms with Crippen LogP contribution in [-0.4, -0.2) is 17.4 Å². The van der Waals surface area contributed by atoms with E-state index >= 15 is 0 Å². The van der Waals surface area contributed by atoms with E-state index in [-0.39, 0.29) is 11.8 Å². The van der Waals surface area contributed by atoms with Crippen molar-refractivity contribution in [2.45, 2.75) is 26.2 Å². The molecule has 1 aromatic heterocycles. The number of nitrogens with one attached hydrogen (secondary N) is 1. The SMILES string of the molecule is Cc1nc2ccc(CCNC(=O)C3CC3)cc2o1. The first-order chi connectivity index (χ1) is 8.72. The van der Waals surface area contributed by atoms with Crippen LogP contribution in [0.4, 0.5) is 0 Å². The van der Waals surface area contributed by atoms with Crippen molar-refractivity contribution in [3.05, 3.63) is 29.7 Å². The van der Waals surface area contributed by atoms with Crippen molar-refractivity contribution in [2.75, 3.05) is 6.54 Å². The number of hydrogen-bond donors (Lipinski definition) is 1. The van der Waals surface area contributed by atoms with Gasteiger partial charge in [0.1, 0.15) is 5.52 Å². The van der Waals surface area contributed by atoms with Crippen LogP contribution >= 0.6 is 0 Å². The summed E-state index contributed by atoms with van der Waals surface area (Å²) in [7, 11) is 0. The second kappa shape index (κ2) is 4.44. The second-order valence-electron chi connectivity index (χ2n) is 4.85. The standard InChI is InChI=1S/C14H16N2O2/c1-9-16-12-5-2-10(8-13(12)18-9)6-7-15-14(17)11-3-4-11/h2,5,8,11H,3-4,6-7H2,1H3,(H,15,17). The molecule has 0 bridgehead atoms. The summed E-state index contributed by atoms with van der Waals surface area (Å²) < 4.78 is 5.49. The Morgan fingerprint density at radius 3 is 3.11 bits per heavy atom. The van der Waals surface area contributed by atoms with Crippen molar-refractivity contribution in [1.29, 1.82) is 0 Å². The van der Waals surface area contributed by atoms with E-state index in [0.29, 0.717) is 12.4 Å². The molecule has 1 aliphatic rings.